The number of hydrogen-bond acceptors (Lipinski definition) is 3. The van der Waals surface area contributed by atoms with E-state index in [0.29, 0.717) is 13.2 Å². The summed E-state index contributed by atoms with van der Waals surface area (Å²) in [5.41, 5.74) is 8.85. The molecule has 3 heteroatoms. The normalized spacial score (nSPS) is 19.5. The van der Waals surface area contributed by atoms with Crippen LogP contribution in [-0.2, 0) is 14.9 Å². The highest BCUT2D eigenvalue weighted by atomic mass is 16.5. The van der Waals surface area contributed by atoms with E-state index in [1.165, 1.54) is 36.8 Å². The molecule has 1 atom stereocenters. The first-order valence-corrected chi connectivity index (χ1v) is 7.08. The van der Waals surface area contributed by atoms with E-state index >= 15 is 0 Å². The zero-order valence-electron chi connectivity index (χ0n) is 12.0. The van der Waals surface area contributed by atoms with Gasteiger partial charge in [0, 0.05) is 26.2 Å². The third kappa shape index (κ3) is 2.83. The Morgan fingerprint density at radius 1 is 1.21 bits per heavy atom. The number of rotatable bonds is 6. The smallest absolute Gasteiger partial charge is 0.106 e. The molecule has 1 saturated carbocycles. The Labute approximate surface area is 116 Å². The fourth-order valence-corrected chi connectivity index (χ4v) is 3.33. The lowest BCUT2D eigenvalue weighted by molar-refractivity contribution is 0.0263. The van der Waals surface area contributed by atoms with Crippen LogP contribution in [0.1, 0.15) is 42.9 Å². The number of benzene rings is 1. The zero-order chi connectivity index (χ0) is 13.7. The lowest BCUT2D eigenvalue weighted by Gasteiger charge is -2.32. The van der Waals surface area contributed by atoms with Crippen LogP contribution < -0.4 is 5.73 Å². The molecule has 1 aromatic carbocycles. The first kappa shape index (κ1) is 14.5. The SMILES string of the molecule is COCC(OC)c1ccccc1C1(CN)CCCC1. The fraction of sp³-hybridized carbons (Fsp3) is 0.625. The van der Waals surface area contributed by atoms with E-state index in [0.717, 1.165) is 0 Å². The molecule has 1 aromatic rings. The Hall–Kier alpha value is -0.900. The predicted molar refractivity (Wildman–Crippen MR) is 77.3 cm³/mol. The van der Waals surface area contributed by atoms with Crippen molar-refractivity contribution in [3.8, 4) is 0 Å². The minimum atomic E-state index is -0.00905. The molecule has 0 saturated heterocycles. The van der Waals surface area contributed by atoms with Crippen molar-refractivity contribution in [2.75, 3.05) is 27.4 Å². The maximum atomic E-state index is 6.11. The minimum absolute atomic E-state index is 0.00905. The van der Waals surface area contributed by atoms with Gasteiger partial charge < -0.3 is 15.2 Å². The third-order valence-electron chi connectivity index (χ3n) is 4.43. The van der Waals surface area contributed by atoms with E-state index in [-0.39, 0.29) is 11.5 Å². The van der Waals surface area contributed by atoms with Crippen LogP contribution in [0.3, 0.4) is 0 Å². The number of hydrogen-bond donors (Lipinski definition) is 1. The van der Waals surface area contributed by atoms with Gasteiger partial charge in [0.1, 0.15) is 6.10 Å². The topological polar surface area (TPSA) is 44.5 Å². The van der Waals surface area contributed by atoms with Crippen LogP contribution in [0.2, 0.25) is 0 Å². The molecule has 1 unspecified atom stereocenters. The molecule has 106 valence electrons. The Bertz CT molecular complexity index is 399. The van der Waals surface area contributed by atoms with Gasteiger partial charge in [0.2, 0.25) is 0 Å². The molecule has 1 fully saturated rings. The Morgan fingerprint density at radius 2 is 1.89 bits per heavy atom. The monoisotopic (exact) mass is 263 g/mol. The van der Waals surface area contributed by atoms with E-state index in [1.807, 2.05) is 0 Å². The number of ether oxygens (including phenoxy) is 2. The summed E-state index contributed by atoms with van der Waals surface area (Å²) >= 11 is 0. The third-order valence-corrected chi connectivity index (χ3v) is 4.43. The molecule has 2 rings (SSSR count). The van der Waals surface area contributed by atoms with Crippen molar-refractivity contribution >= 4 is 0 Å². The molecular weight excluding hydrogens is 238 g/mol. The molecule has 1 aliphatic carbocycles. The molecule has 0 aliphatic heterocycles. The van der Waals surface area contributed by atoms with Gasteiger partial charge in [-0.25, -0.2) is 0 Å². The lowest BCUT2D eigenvalue weighted by atomic mass is 9.76. The Kier molecular flexibility index (Phi) is 4.97. The molecule has 0 bridgehead atoms. The Morgan fingerprint density at radius 3 is 2.47 bits per heavy atom. The van der Waals surface area contributed by atoms with Gasteiger partial charge in [0.25, 0.3) is 0 Å². The number of nitrogens with two attached hydrogens (primary N) is 1. The van der Waals surface area contributed by atoms with E-state index in [1.54, 1.807) is 14.2 Å². The van der Waals surface area contributed by atoms with Gasteiger partial charge in [-0.2, -0.15) is 0 Å². The van der Waals surface area contributed by atoms with Crippen molar-refractivity contribution < 1.29 is 9.47 Å². The zero-order valence-corrected chi connectivity index (χ0v) is 12.0. The quantitative estimate of drug-likeness (QED) is 0.858. The van der Waals surface area contributed by atoms with Crippen LogP contribution in [0, 0.1) is 0 Å². The molecule has 0 aromatic heterocycles. The van der Waals surface area contributed by atoms with Crippen molar-refractivity contribution in [1.29, 1.82) is 0 Å². The van der Waals surface area contributed by atoms with Crippen LogP contribution in [-0.4, -0.2) is 27.4 Å². The van der Waals surface area contributed by atoms with Crippen molar-refractivity contribution in [3.63, 3.8) is 0 Å². The summed E-state index contributed by atoms with van der Waals surface area (Å²) in [4.78, 5) is 0. The van der Waals surface area contributed by atoms with Gasteiger partial charge >= 0.3 is 0 Å². The summed E-state index contributed by atoms with van der Waals surface area (Å²) in [5, 5.41) is 0. The predicted octanol–water partition coefficient (Wildman–Crippen LogP) is 2.79. The van der Waals surface area contributed by atoms with Crippen LogP contribution in [0.4, 0.5) is 0 Å². The maximum Gasteiger partial charge on any atom is 0.106 e. The summed E-state index contributed by atoms with van der Waals surface area (Å²) in [6.45, 7) is 1.29. The van der Waals surface area contributed by atoms with Gasteiger partial charge in [0.05, 0.1) is 6.61 Å². The van der Waals surface area contributed by atoms with Crippen LogP contribution >= 0.6 is 0 Å². The minimum Gasteiger partial charge on any atom is -0.382 e. The van der Waals surface area contributed by atoms with Gasteiger partial charge in [-0.05, 0) is 24.0 Å². The van der Waals surface area contributed by atoms with E-state index in [2.05, 4.69) is 24.3 Å². The Balaban J connectivity index is 2.39. The summed E-state index contributed by atoms with van der Waals surface area (Å²) in [6.07, 6.45) is 4.90. The van der Waals surface area contributed by atoms with Gasteiger partial charge in [-0.1, -0.05) is 37.1 Å². The number of methoxy groups -OCH3 is 2. The average Bonchev–Trinajstić information content (AvgIpc) is 2.95. The molecule has 2 N–H and O–H groups in total. The standard InChI is InChI=1S/C16H25NO2/c1-18-11-15(19-2)13-7-3-4-8-14(13)16(12-17)9-5-6-10-16/h3-4,7-8,15H,5-6,9-12,17H2,1-2H3. The van der Waals surface area contributed by atoms with E-state index in [4.69, 9.17) is 15.2 Å². The molecule has 0 radical (unpaired) electrons. The lowest BCUT2D eigenvalue weighted by Crippen LogP contribution is -2.33. The van der Waals surface area contributed by atoms with Crippen molar-refractivity contribution in [2.24, 2.45) is 5.73 Å². The second-order valence-corrected chi connectivity index (χ2v) is 5.46. The average molecular weight is 263 g/mol. The van der Waals surface area contributed by atoms with Crippen LogP contribution in [0.15, 0.2) is 24.3 Å². The summed E-state index contributed by atoms with van der Waals surface area (Å²) in [7, 11) is 3.45. The largest absolute Gasteiger partial charge is 0.382 e. The molecule has 0 heterocycles. The summed E-state index contributed by atoms with van der Waals surface area (Å²) < 4.78 is 10.9. The van der Waals surface area contributed by atoms with Crippen molar-refractivity contribution in [2.45, 2.75) is 37.2 Å². The van der Waals surface area contributed by atoms with Crippen LogP contribution in [0.25, 0.3) is 0 Å². The van der Waals surface area contributed by atoms with Gasteiger partial charge in [-0.15, -0.1) is 0 Å². The highest BCUT2D eigenvalue weighted by Gasteiger charge is 2.36. The first-order chi connectivity index (χ1) is 9.27. The first-order valence-electron chi connectivity index (χ1n) is 7.08. The summed E-state index contributed by atoms with van der Waals surface area (Å²) in [5.74, 6) is 0. The second-order valence-electron chi connectivity index (χ2n) is 5.46. The molecular formula is C16H25NO2. The highest BCUT2D eigenvalue weighted by Crippen LogP contribution is 2.43. The second kappa shape index (κ2) is 6.51. The van der Waals surface area contributed by atoms with Crippen molar-refractivity contribution in [1.82, 2.24) is 0 Å². The molecule has 0 amide bonds. The summed E-state index contributed by atoms with van der Waals surface area (Å²) in [6, 6.07) is 8.54. The molecule has 1 aliphatic rings. The van der Waals surface area contributed by atoms with E-state index < -0.39 is 0 Å². The van der Waals surface area contributed by atoms with E-state index in [9.17, 15) is 0 Å². The van der Waals surface area contributed by atoms with Crippen LogP contribution in [0.5, 0.6) is 0 Å². The fourth-order valence-electron chi connectivity index (χ4n) is 3.33. The maximum absolute atomic E-state index is 6.11. The van der Waals surface area contributed by atoms with Gasteiger partial charge in [0.15, 0.2) is 0 Å². The molecule has 3 nitrogen and oxygen atoms in total. The molecule has 19 heavy (non-hydrogen) atoms. The highest BCUT2D eigenvalue weighted by molar-refractivity contribution is 5.37. The van der Waals surface area contributed by atoms with Crippen molar-refractivity contribution in [3.05, 3.63) is 35.4 Å². The van der Waals surface area contributed by atoms with Gasteiger partial charge in [-0.3, -0.25) is 0 Å². The molecule has 0 spiro atoms.